The van der Waals surface area contributed by atoms with E-state index in [9.17, 15) is 0 Å². The summed E-state index contributed by atoms with van der Waals surface area (Å²) in [7, 11) is 0. The van der Waals surface area contributed by atoms with Gasteiger partial charge in [0.25, 0.3) is 0 Å². The molecule has 16 heavy (non-hydrogen) atoms. The number of nitrogens with zero attached hydrogens (tertiary/aromatic N) is 6. The molecule has 0 aliphatic carbocycles. The third-order valence-electron chi connectivity index (χ3n) is 2.12. The second-order valence-electron chi connectivity index (χ2n) is 3.07. The van der Waals surface area contributed by atoms with E-state index in [0.717, 1.165) is 0 Å². The molecule has 6 nitrogen and oxygen atoms in total. The van der Waals surface area contributed by atoms with E-state index in [-0.39, 0.29) is 0 Å². The number of hydrogen-bond acceptors (Lipinski definition) is 6. The predicted molar refractivity (Wildman–Crippen MR) is 56.6 cm³/mol. The van der Waals surface area contributed by atoms with Crippen LogP contribution in [-0.4, -0.2) is 24.2 Å². The first kappa shape index (κ1) is 8.94. The Bertz CT molecular complexity index is 678. The molecule has 3 rings (SSSR count). The van der Waals surface area contributed by atoms with Gasteiger partial charge in [0.1, 0.15) is 11.8 Å². The molecule has 0 radical (unpaired) electrons. The van der Waals surface area contributed by atoms with Gasteiger partial charge in [-0.25, -0.2) is 0 Å². The van der Waals surface area contributed by atoms with Crippen molar-refractivity contribution in [2.24, 2.45) is 0 Å². The molecular weight excluding hydrogens is 224 g/mol. The van der Waals surface area contributed by atoms with Crippen LogP contribution in [0.5, 0.6) is 0 Å². The van der Waals surface area contributed by atoms with Crippen LogP contribution in [0.4, 0.5) is 0 Å². The Labute approximate surface area is 94.0 Å². The van der Waals surface area contributed by atoms with Gasteiger partial charge in [-0.1, -0.05) is 4.49 Å². The van der Waals surface area contributed by atoms with Gasteiger partial charge in [0.2, 0.25) is 0 Å². The molecule has 0 fully saturated rings. The van der Waals surface area contributed by atoms with Crippen LogP contribution in [0.3, 0.4) is 0 Å². The second kappa shape index (κ2) is 3.36. The Kier molecular flexibility index (Phi) is 1.88. The molecule has 7 heteroatoms. The van der Waals surface area contributed by atoms with Crippen molar-refractivity contribution in [3.05, 3.63) is 29.3 Å². The zero-order valence-corrected chi connectivity index (χ0v) is 8.72. The quantitative estimate of drug-likeness (QED) is 0.623. The highest BCUT2D eigenvalue weighted by Gasteiger charge is 2.10. The maximum atomic E-state index is 8.83. The summed E-state index contributed by atoms with van der Waals surface area (Å²) < 4.78 is 5.50. The Balaban J connectivity index is 2.31. The molecule has 0 atom stereocenters. The smallest absolute Gasteiger partial charge is 0.189 e. The van der Waals surface area contributed by atoms with Crippen molar-refractivity contribution in [2.75, 3.05) is 0 Å². The van der Waals surface area contributed by atoms with E-state index < -0.39 is 0 Å². The molecule has 0 saturated heterocycles. The predicted octanol–water partition coefficient (Wildman–Crippen LogP) is 1.12. The molecule has 0 bridgehead atoms. The van der Waals surface area contributed by atoms with Gasteiger partial charge in [-0.05, 0) is 23.7 Å². The summed E-state index contributed by atoms with van der Waals surface area (Å²) in [5.74, 6) is 0.598. The van der Waals surface area contributed by atoms with Gasteiger partial charge in [0.15, 0.2) is 11.5 Å². The summed E-state index contributed by atoms with van der Waals surface area (Å²) in [4.78, 5) is 0. The second-order valence-corrected chi connectivity index (χ2v) is 3.68. The summed E-state index contributed by atoms with van der Waals surface area (Å²) in [6.07, 6.45) is 1.68. The minimum Gasteiger partial charge on any atom is -0.280 e. The summed E-state index contributed by atoms with van der Waals surface area (Å²) in [5, 5.41) is 22.6. The standard InChI is InChI=1S/C9H4N6S/c10-3-6-1-2-8-12-13-9(15(8)4-6)7-5-16-14-11-7/h1-2,4-5H. The Morgan fingerprint density at radius 2 is 2.19 bits per heavy atom. The number of aromatic nitrogens is 5. The van der Waals surface area contributed by atoms with E-state index in [0.29, 0.717) is 22.7 Å². The molecule has 0 spiro atoms. The molecule has 0 aliphatic rings. The zero-order valence-electron chi connectivity index (χ0n) is 7.90. The van der Waals surface area contributed by atoms with Crippen molar-refractivity contribution in [1.29, 1.82) is 5.26 Å². The Morgan fingerprint density at radius 1 is 1.25 bits per heavy atom. The van der Waals surface area contributed by atoms with Crippen LogP contribution in [0.25, 0.3) is 17.2 Å². The summed E-state index contributed by atoms with van der Waals surface area (Å²) in [6, 6.07) is 5.52. The first-order valence-corrected chi connectivity index (χ1v) is 5.24. The minimum absolute atomic E-state index is 0.553. The van der Waals surface area contributed by atoms with Crippen LogP contribution in [0.2, 0.25) is 0 Å². The number of pyridine rings is 1. The lowest BCUT2D eigenvalue weighted by atomic mass is 10.3. The normalized spacial score (nSPS) is 10.4. The maximum absolute atomic E-state index is 8.83. The van der Waals surface area contributed by atoms with Gasteiger partial charge in [-0.2, -0.15) is 5.26 Å². The van der Waals surface area contributed by atoms with Gasteiger partial charge >= 0.3 is 0 Å². The van der Waals surface area contributed by atoms with Gasteiger partial charge in [-0.15, -0.1) is 15.3 Å². The number of rotatable bonds is 1. The maximum Gasteiger partial charge on any atom is 0.189 e. The van der Waals surface area contributed by atoms with E-state index in [1.807, 2.05) is 0 Å². The van der Waals surface area contributed by atoms with E-state index in [4.69, 9.17) is 5.26 Å². The van der Waals surface area contributed by atoms with Crippen molar-refractivity contribution in [3.8, 4) is 17.6 Å². The van der Waals surface area contributed by atoms with E-state index in [2.05, 4.69) is 25.9 Å². The Morgan fingerprint density at radius 3 is 2.94 bits per heavy atom. The van der Waals surface area contributed by atoms with Crippen LogP contribution in [0, 0.1) is 11.3 Å². The molecule has 0 amide bonds. The van der Waals surface area contributed by atoms with E-state index in [1.165, 1.54) is 11.5 Å². The molecule has 0 N–H and O–H groups in total. The first-order valence-electron chi connectivity index (χ1n) is 4.41. The molecular formula is C9H4N6S. The van der Waals surface area contributed by atoms with Crippen LogP contribution in [0.1, 0.15) is 5.56 Å². The topological polar surface area (TPSA) is 79.8 Å². The van der Waals surface area contributed by atoms with Gasteiger partial charge in [-0.3, -0.25) is 4.40 Å². The third-order valence-corrected chi connectivity index (χ3v) is 2.63. The van der Waals surface area contributed by atoms with Gasteiger partial charge in [0.05, 0.1) is 5.56 Å². The van der Waals surface area contributed by atoms with Crippen LogP contribution >= 0.6 is 11.5 Å². The fourth-order valence-electron chi connectivity index (χ4n) is 1.39. The Hall–Kier alpha value is -2.33. The number of fused-ring (bicyclic) bond motifs is 1. The molecule has 0 unspecified atom stereocenters. The molecule has 3 aromatic heterocycles. The third kappa shape index (κ3) is 1.24. The van der Waals surface area contributed by atoms with Gasteiger partial charge in [0, 0.05) is 11.6 Å². The molecule has 0 aliphatic heterocycles. The monoisotopic (exact) mass is 228 g/mol. The minimum atomic E-state index is 0.553. The zero-order chi connectivity index (χ0) is 11.0. The van der Waals surface area contributed by atoms with E-state index >= 15 is 0 Å². The average molecular weight is 228 g/mol. The first-order chi connectivity index (χ1) is 7.88. The summed E-state index contributed by atoms with van der Waals surface area (Å²) in [5.41, 5.74) is 1.89. The van der Waals surface area contributed by atoms with Crippen LogP contribution < -0.4 is 0 Å². The van der Waals surface area contributed by atoms with Crippen LogP contribution in [0.15, 0.2) is 23.7 Å². The molecule has 3 heterocycles. The van der Waals surface area contributed by atoms with E-state index in [1.54, 1.807) is 28.1 Å². The highest BCUT2D eigenvalue weighted by Crippen LogP contribution is 2.17. The van der Waals surface area contributed by atoms with Crippen molar-refractivity contribution < 1.29 is 0 Å². The molecule has 0 saturated carbocycles. The SMILES string of the molecule is N#Cc1ccc2nnc(-c3csnn3)n2c1. The highest BCUT2D eigenvalue weighted by molar-refractivity contribution is 7.03. The van der Waals surface area contributed by atoms with Crippen molar-refractivity contribution >= 4 is 17.2 Å². The fraction of sp³-hybridized carbons (Fsp3) is 0. The lowest BCUT2D eigenvalue weighted by molar-refractivity contribution is 1.06. The van der Waals surface area contributed by atoms with Crippen molar-refractivity contribution in [3.63, 3.8) is 0 Å². The van der Waals surface area contributed by atoms with Crippen molar-refractivity contribution in [2.45, 2.75) is 0 Å². The lowest BCUT2D eigenvalue weighted by Crippen LogP contribution is -1.90. The summed E-state index contributed by atoms with van der Waals surface area (Å²) >= 11 is 1.25. The average Bonchev–Trinajstić information content (AvgIpc) is 2.96. The highest BCUT2D eigenvalue weighted by atomic mass is 32.1. The summed E-state index contributed by atoms with van der Waals surface area (Å²) in [6.45, 7) is 0. The molecule has 76 valence electrons. The fourth-order valence-corrected chi connectivity index (χ4v) is 1.83. The molecule has 0 aromatic carbocycles. The number of nitriles is 1. The number of hydrogen-bond donors (Lipinski definition) is 0. The van der Waals surface area contributed by atoms with Gasteiger partial charge < -0.3 is 0 Å². The largest absolute Gasteiger partial charge is 0.280 e. The van der Waals surface area contributed by atoms with Crippen LogP contribution in [-0.2, 0) is 0 Å². The lowest BCUT2D eigenvalue weighted by Gasteiger charge is -1.95. The van der Waals surface area contributed by atoms with Crippen molar-refractivity contribution in [1.82, 2.24) is 24.2 Å². The molecule has 3 aromatic rings.